The van der Waals surface area contributed by atoms with Crippen LogP contribution in [0.25, 0.3) is 10.9 Å². The average Bonchev–Trinajstić information content (AvgIpc) is 2.69. The zero-order chi connectivity index (χ0) is 18.8. The smallest absolute Gasteiger partial charge is 0.278 e. The number of anilines is 1. The normalized spacial score (nSPS) is 15.2. The minimum absolute atomic E-state index is 0.100. The maximum atomic E-state index is 11.3. The van der Waals surface area contributed by atoms with Crippen molar-refractivity contribution < 1.29 is 4.92 Å². The summed E-state index contributed by atoms with van der Waals surface area (Å²) in [6.07, 6.45) is 1.69. The van der Waals surface area contributed by atoms with E-state index in [0.717, 1.165) is 43.4 Å². The van der Waals surface area contributed by atoms with E-state index in [4.69, 9.17) is 11.6 Å². The third kappa shape index (κ3) is 3.72. The third-order valence-corrected chi connectivity index (χ3v) is 5.21. The van der Waals surface area contributed by atoms with Gasteiger partial charge in [-0.05, 0) is 35.9 Å². The zero-order valence-electron chi connectivity index (χ0n) is 14.7. The quantitative estimate of drug-likeness (QED) is 0.501. The Labute approximate surface area is 162 Å². The molecule has 0 atom stereocenters. The number of pyridine rings is 1. The molecule has 1 aromatic heterocycles. The molecule has 2 aromatic carbocycles. The number of hydrogen-bond acceptors (Lipinski definition) is 5. The Morgan fingerprint density at radius 3 is 2.48 bits per heavy atom. The van der Waals surface area contributed by atoms with Crippen molar-refractivity contribution in [2.75, 3.05) is 31.1 Å². The number of benzene rings is 2. The number of nitrogens with zero attached hydrogens (tertiary/aromatic N) is 4. The molecule has 0 amide bonds. The monoisotopic (exact) mass is 382 g/mol. The average molecular weight is 383 g/mol. The summed E-state index contributed by atoms with van der Waals surface area (Å²) >= 11 is 5.95. The first-order valence-corrected chi connectivity index (χ1v) is 9.23. The molecule has 1 saturated heterocycles. The molecule has 0 N–H and O–H groups in total. The lowest BCUT2D eigenvalue weighted by Gasteiger charge is -2.36. The molecule has 0 unspecified atom stereocenters. The highest BCUT2D eigenvalue weighted by molar-refractivity contribution is 6.30. The van der Waals surface area contributed by atoms with Crippen LogP contribution in [0.1, 0.15) is 5.56 Å². The molecule has 27 heavy (non-hydrogen) atoms. The molecule has 1 fully saturated rings. The molecule has 6 nitrogen and oxygen atoms in total. The molecular formula is C20H19ClN4O2. The van der Waals surface area contributed by atoms with E-state index in [1.54, 1.807) is 24.4 Å². The van der Waals surface area contributed by atoms with Gasteiger partial charge in [-0.3, -0.25) is 20.0 Å². The van der Waals surface area contributed by atoms with Crippen LogP contribution in [0.5, 0.6) is 0 Å². The molecule has 1 aliphatic rings. The summed E-state index contributed by atoms with van der Waals surface area (Å²) in [5.41, 5.74) is 3.00. The van der Waals surface area contributed by atoms with E-state index >= 15 is 0 Å². The summed E-state index contributed by atoms with van der Waals surface area (Å²) in [7, 11) is 0. The SMILES string of the molecule is O=[N+]([O-])c1ccc(N2CCN(Cc3ccc(Cl)cc3)CC2)c2ncccc12. The highest BCUT2D eigenvalue weighted by atomic mass is 35.5. The van der Waals surface area contributed by atoms with Gasteiger partial charge in [0.15, 0.2) is 0 Å². The minimum atomic E-state index is -0.349. The number of hydrogen-bond donors (Lipinski definition) is 0. The van der Waals surface area contributed by atoms with Gasteiger partial charge in [-0.1, -0.05) is 23.7 Å². The van der Waals surface area contributed by atoms with Crippen LogP contribution in [-0.2, 0) is 6.54 Å². The Hall–Kier alpha value is -2.70. The standard InChI is InChI=1S/C20H19ClN4O2/c21-16-5-3-15(4-6-16)14-23-10-12-24(13-11-23)19-8-7-18(25(26)27)17-2-1-9-22-20(17)19/h1-9H,10-14H2. The lowest BCUT2D eigenvalue weighted by Crippen LogP contribution is -2.46. The van der Waals surface area contributed by atoms with Crippen molar-refractivity contribution in [2.45, 2.75) is 6.54 Å². The number of halogens is 1. The summed E-state index contributed by atoms with van der Waals surface area (Å²) in [6, 6.07) is 14.9. The third-order valence-electron chi connectivity index (χ3n) is 4.95. The van der Waals surface area contributed by atoms with E-state index in [1.807, 2.05) is 18.2 Å². The van der Waals surface area contributed by atoms with Gasteiger partial charge in [-0.15, -0.1) is 0 Å². The fourth-order valence-electron chi connectivity index (χ4n) is 3.55. The summed E-state index contributed by atoms with van der Waals surface area (Å²) in [5, 5.41) is 12.6. The molecule has 2 heterocycles. The van der Waals surface area contributed by atoms with Gasteiger partial charge in [0, 0.05) is 50.0 Å². The van der Waals surface area contributed by atoms with Gasteiger partial charge in [-0.2, -0.15) is 0 Å². The number of aromatic nitrogens is 1. The molecule has 1 aliphatic heterocycles. The Kier molecular flexibility index (Phi) is 4.92. The maximum absolute atomic E-state index is 11.3. The molecule has 0 saturated carbocycles. The molecule has 0 bridgehead atoms. The van der Waals surface area contributed by atoms with E-state index in [0.29, 0.717) is 10.9 Å². The largest absolute Gasteiger partial charge is 0.367 e. The number of piperazine rings is 1. The van der Waals surface area contributed by atoms with Gasteiger partial charge in [-0.25, -0.2) is 0 Å². The highest BCUT2D eigenvalue weighted by Gasteiger charge is 2.22. The van der Waals surface area contributed by atoms with Gasteiger partial charge in [0.25, 0.3) is 5.69 Å². The molecular weight excluding hydrogens is 364 g/mol. The summed E-state index contributed by atoms with van der Waals surface area (Å²) < 4.78 is 0. The Morgan fingerprint density at radius 1 is 1.04 bits per heavy atom. The van der Waals surface area contributed by atoms with Gasteiger partial charge in [0.1, 0.15) is 5.52 Å². The highest BCUT2D eigenvalue weighted by Crippen LogP contribution is 2.32. The zero-order valence-corrected chi connectivity index (χ0v) is 15.5. The molecule has 4 rings (SSSR count). The number of rotatable bonds is 4. The van der Waals surface area contributed by atoms with Crippen LogP contribution in [0.4, 0.5) is 11.4 Å². The van der Waals surface area contributed by atoms with Gasteiger partial charge >= 0.3 is 0 Å². The van der Waals surface area contributed by atoms with Crippen molar-refractivity contribution in [2.24, 2.45) is 0 Å². The van der Waals surface area contributed by atoms with E-state index < -0.39 is 0 Å². The van der Waals surface area contributed by atoms with Crippen molar-refractivity contribution in [1.82, 2.24) is 9.88 Å². The second-order valence-corrected chi connectivity index (χ2v) is 7.09. The number of non-ortho nitro benzene ring substituents is 1. The summed E-state index contributed by atoms with van der Waals surface area (Å²) in [6.45, 7) is 4.46. The van der Waals surface area contributed by atoms with Crippen molar-refractivity contribution in [1.29, 1.82) is 0 Å². The molecule has 0 radical (unpaired) electrons. The van der Waals surface area contributed by atoms with Crippen LogP contribution >= 0.6 is 11.6 Å². The van der Waals surface area contributed by atoms with Gasteiger partial charge in [0.05, 0.1) is 16.0 Å². The lowest BCUT2D eigenvalue weighted by atomic mass is 10.1. The predicted octanol–water partition coefficient (Wildman–Crippen LogP) is 4.12. The number of fused-ring (bicyclic) bond motifs is 1. The predicted molar refractivity (Wildman–Crippen MR) is 107 cm³/mol. The Morgan fingerprint density at radius 2 is 1.78 bits per heavy atom. The second kappa shape index (κ2) is 7.50. The fourth-order valence-corrected chi connectivity index (χ4v) is 3.68. The van der Waals surface area contributed by atoms with Crippen LogP contribution in [-0.4, -0.2) is 41.0 Å². The molecule has 3 aromatic rings. The topological polar surface area (TPSA) is 62.5 Å². The van der Waals surface area contributed by atoms with Crippen molar-refractivity contribution in [3.8, 4) is 0 Å². The van der Waals surface area contributed by atoms with Gasteiger partial charge < -0.3 is 4.90 Å². The number of nitro groups is 1. The lowest BCUT2D eigenvalue weighted by molar-refractivity contribution is -0.383. The van der Waals surface area contributed by atoms with Crippen molar-refractivity contribution >= 4 is 33.9 Å². The van der Waals surface area contributed by atoms with Crippen molar-refractivity contribution in [3.63, 3.8) is 0 Å². The molecule has 138 valence electrons. The van der Waals surface area contributed by atoms with Crippen LogP contribution in [0.15, 0.2) is 54.7 Å². The van der Waals surface area contributed by atoms with Crippen LogP contribution in [0.2, 0.25) is 5.02 Å². The molecule has 0 spiro atoms. The summed E-state index contributed by atoms with van der Waals surface area (Å²) in [4.78, 5) is 20.0. The molecule has 0 aliphatic carbocycles. The first-order valence-electron chi connectivity index (χ1n) is 8.86. The fraction of sp³-hybridized carbons (Fsp3) is 0.250. The Balaban J connectivity index is 1.50. The minimum Gasteiger partial charge on any atom is -0.367 e. The van der Waals surface area contributed by atoms with E-state index in [2.05, 4.69) is 26.9 Å². The maximum Gasteiger partial charge on any atom is 0.278 e. The molecule has 7 heteroatoms. The van der Waals surface area contributed by atoms with Crippen LogP contribution in [0.3, 0.4) is 0 Å². The Bertz CT molecular complexity index is 969. The van der Waals surface area contributed by atoms with E-state index in [9.17, 15) is 10.1 Å². The first-order chi connectivity index (χ1) is 13.1. The number of nitro benzene ring substituents is 1. The van der Waals surface area contributed by atoms with Gasteiger partial charge in [0.2, 0.25) is 0 Å². The van der Waals surface area contributed by atoms with E-state index in [-0.39, 0.29) is 10.6 Å². The van der Waals surface area contributed by atoms with E-state index in [1.165, 1.54) is 5.56 Å². The summed E-state index contributed by atoms with van der Waals surface area (Å²) in [5.74, 6) is 0. The van der Waals surface area contributed by atoms with Crippen LogP contribution < -0.4 is 4.90 Å². The van der Waals surface area contributed by atoms with Crippen LogP contribution in [0, 0.1) is 10.1 Å². The first kappa shape index (κ1) is 17.7. The van der Waals surface area contributed by atoms with Crippen molar-refractivity contribution in [3.05, 3.63) is 75.4 Å². The second-order valence-electron chi connectivity index (χ2n) is 6.65.